The van der Waals surface area contributed by atoms with Crippen molar-refractivity contribution in [2.45, 2.75) is 55.9 Å². The molecule has 0 aliphatic carbocycles. The quantitative estimate of drug-likeness (QED) is 0.464. The molecule has 0 aromatic heterocycles. The van der Waals surface area contributed by atoms with Crippen LogP contribution in [0.15, 0.2) is 0 Å². The van der Waals surface area contributed by atoms with Gasteiger partial charge in [0.05, 0.1) is 0 Å². The van der Waals surface area contributed by atoms with E-state index in [0.717, 1.165) is 32.1 Å². The minimum atomic E-state index is -5.40. The Balaban J connectivity index is 3.91. The third-order valence-electron chi connectivity index (χ3n) is 2.77. The van der Waals surface area contributed by atoms with Crippen LogP contribution < -0.4 is 5.73 Å². The Morgan fingerprint density at radius 2 is 1.11 bits per heavy atom. The normalized spacial score (nSPS) is 13.1. The molecule has 0 unspecified atom stereocenters. The lowest BCUT2D eigenvalue weighted by Crippen LogP contribution is -2.24. The fraction of sp³-hybridized carbons (Fsp3) is 1.00. The number of rotatable bonds is 11. The molecule has 0 aromatic rings. The van der Waals surface area contributed by atoms with E-state index in [2.05, 4.69) is 0 Å². The van der Waals surface area contributed by atoms with E-state index in [1.165, 1.54) is 0 Å². The average molecular weight is 321 g/mol. The Hall–Kier alpha value is -0.280. The van der Waals surface area contributed by atoms with Gasteiger partial charge in [0, 0.05) is 0 Å². The molecule has 0 aliphatic heterocycles. The summed E-state index contributed by atoms with van der Waals surface area (Å²) < 4.78 is 64.7. The summed E-state index contributed by atoms with van der Waals surface area (Å²) in [5.74, 6) is 0. The highest BCUT2D eigenvalue weighted by molar-refractivity contribution is 8.04. The Bertz CT molecular complexity index is 404. The molecule has 5 nitrogen and oxygen atoms in total. The predicted molar refractivity (Wildman–Crippen MR) is 69.8 cm³/mol. The van der Waals surface area contributed by atoms with Crippen molar-refractivity contribution in [1.29, 1.82) is 0 Å². The van der Waals surface area contributed by atoms with Crippen LogP contribution in [0.1, 0.15) is 51.4 Å². The van der Waals surface area contributed by atoms with Crippen molar-refractivity contribution >= 4 is 20.4 Å². The SMILES string of the molecule is NCCCCCCCCCC(S(=O)(=O)F)S(=O)(=O)F. The molecule has 0 heterocycles. The van der Waals surface area contributed by atoms with Crippen LogP contribution in [0.2, 0.25) is 0 Å². The standard InChI is InChI=1S/C10H21F2NO4S2/c11-18(14,15)10(19(12,16)17)8-6-4-2-1-3-5-7-9-13/h10H,1-9,13H2. The topological polar surface area (TPSA) is 94.3 Å². The minimum absolute atomic E-state index is 0.161. The van der Waals surface area contributed by atoms with Crippen LogP contribution in [0.5, 0.6) is 0 Å². The van der Waals surface area contributed by atoms with Gasteiger partial charge in [-0.2, -0.15) is 16.8 Å². The van der Waals surface area contributed by atoms with Gasteiger partial charge in [-0.3, -0.25) is 0 Å². The Labute approximate surface area is 114 Å². The van der Waals surface area contributed by atoms with Gasteiger partial charge in [-0.15, -0.1) is 7.77 Å². The first-order chi connectivity index (χ1) is 8.69. The highest BCUT2D eigenvalue weighted by Crippen LogP contribution is 2.21. The van der Waals surface area contributed by atoms with Crippen LogP contribution in [-0.2, 0) is 20.4 Å². The molecule has 0 aliphatic rings. The van der Waals surface area contributed by atoms with Gasteiger partial charge < -0.3 is 5.73 Å². The van der Waals surface area contributed by atoms with Crippen LogP contribution in [0.4, 0.5) is 7.77 Å². The van der Waals surface area contributed by atoms with E-state index in [9.17, 15) is 24.6 Å². The molecule has 19 heavy (non-hydrogen) atoms. The molecule has 116 valence electrons. The van der Waals surface area contributed by atoms with Crippen molar-refractivity contribution < 1.29 is 24.6 Å². The van der Waals surface area contributed by atoms with Crippen molar-refractivity contribution in [2.24, 2.45) is 5.73 Å². The summed E-state index contributed by atoms with van der Waals surface area (Å²) >= 11 is 0. The third-order valence-corrected chi connectivity index (χ3v) is 5.88. The third kappa shape index (κ3) is 9.28. The summed E-state index contributed by atoms with van der Waals surface area (Å²) in [6, 6.07) is 0. The summed E-state index contributed by atoms with van der Waals surface area (Å²) in [5.41, 5.74) is 5.32. The first-order valence-corrected chi connectivity index (χ1v) is 9.16. The molecule has 0 radical (unpaired) electrons. The Morgan fingerprint density at radius 1 is 0.737 bits per heavy atom. The largest absolute Gasteiger partial charge is 0.330 e. The molecule has 0 rings (SSSR count). The lowest BCUT2D eigenvalue weighted by atomic mass is 10.1. The zero-order valence-electron chi connectivity index (χ0n) is 10.7. The lowest BCUT2D eigenvalue weighted by Gasteiger charge is -2.07. The summed E-state index contributed by atoms with van der Waals surface area (Å²) in [7, 11) is -10.8. The highest BCUT2D eigenvalue weighted by atomic mass is 32.3. The van der Waals surface area contributed by atoms with Crippen LogP contribution in [0.3, 0.4) is 0 Å². The second-order valence-corrected chi connectivity index (χ2v) is 7.77. The number of hydrogen-bond acceptors (Lipinski definition) is 5. The molecule has 0 saturated carbocycles. The van der Waals surface area contributed by atoms with Crippen molar-refractivity contribution in [1.82, 2.24) is 0 Å². The van der Waals surface area contributed by atoms with E-state index in [4.69, 9.17) is 5.73 Å². The second kappa shape index (κ2) is 8.80. The van der Waals surface area contributed by atoms with E-state index in [-0.39, 0.29) is 6.42 Å². The monoisotopic (exact) mass is 321 g/mol. The fourth-order valence-electron chi connectivity index (χ4n) is 1.76. The molecule has 0 fully saturated rings. The molecule has 0 atom stereocenters. The predicted octanol–water partition coefficient (Wildman–Crippen LogP) is 1.99. The van der Waals surface area contributed by atoms with Crippen LogP contribution >= 0.6 is 0 Å². The summed E-state index contributed by atoms with van der Waals surface area (Å²) in [6.07, 6.45) is 4.80. The summed E-state index contributed by atoms with van der Waals surface area (Å²) in [6.45, 7) is 0.643. The number of nitrogens with two attached hydrogens (primary N) is 1. The number of hydrogen-bond donors (Lipinski definition) is 1. The molecule has 9 heteroatoms. The van der Waals surface area contributed by atoms with E-state index in [0.29, 0.717) is 13.0 Å². The van der Waals surface area contributed by atoms with Gasteiger partial charge in [0.15, 0.2) is 0 Å². The van der Waals surface area contributed by atoms with Crippen molar-refractivity contribution in [3.05, 3.63) is 0 Å². The van der Waals surface area contributed by atoms with Gasteiger partial charge in [-0.25, -0.2) is 0 Å². The zero-order valence-corrected chi connectivity index (χ0v) is 12.4. The number of halogens is 2. The van der Waals surface area contributed by atoms with Gasteiger partial charge >= 0.3 is 20.4 Å². The van der Waals surface area contributed by atoms with Crippen LogP contribution in [0, 0.1) is 0 Å². The molecular weight excluding hydrogens is 300 g/mol. The van der Waals surface area contributed by atoms with Gasteiger partial charge in [0.25, 0.3) is 0 Å². The van der Waals surface area contributed by atoms with Gasteiger partial charge in [0.2, 0.25) is 4.58 Å². The smallest absolute Gasteiger partial charge is 0.322 e. The van der Waals surface area contributed by atoms with E-state index in [1.807, 2.05) is 0 Å². The molecule has 0 aromatic carbocycles. The maximum absolute atomic E-state index is 12.6. The van der Waals surface area contributed by atoms with E-state index in [1.54, 1.807) is 0 Å². The zero-order chi connectivity index (χ0) is 14.9. The van der Waals surface area contributed by atoms with Crippen molar-refractivity contribution in [3.63, 3.8) is 0 Å². The molecule has 0 bridgehead atoms. The molecular formula is C10H21F2NO4S2. The van der Waals surface area contributed by atoms with Crippen molar-refractivity contribution in [3.8, 4) is 0 Å². The lowest BCUT2D eigenvalue weighted by molar-refractivity contribution is 0.509. The van der Waals surface area contributed by atoms with Gasteiger partial charge in [-0.05, 0) is 19.4 Å². The molecule has 0 amide bonds. The second-order valence-electron chi connectivity index (χ2n) is 4.43. The summed E-state index contributed by atoms with van der Waals surface area (Å²) in [5, 5.41) is 0. The van der Waals surface area contributed by atoms with Crippen molar-refractivity contribution in [2.75, 3.05) is 6.54 Å². The number of unbranched alkanes of at least 4 members (excludes halogenated alkanes) is 6. The molecule has 2 N–H and O–H groups in total. The van der Waals surface area contributed by atoms with Crippen LogP contribution in [-0.4, -0.2) is 28.0 Å². The Morgan fingerprint density at radius 3 is 1.47 bits per heavy atom. The Kier molecular flexibility index (Phi) is 8.67. The molecule has 0 saturated heterocycles. The molecule has 0 spiro atoms. The minimum Gasteiger partial charge on any atom is -0.330 e. The summed E-state index contributed by atoms with van der Waals surface area (Å²) in [4.78, 5) is 0. The van der Waals surface area contributed by atoms with E-state index >= 15 is 0 Å². The van der Waals surface area contributed by atoms with Gasteiger partial charge in [-0.1, -0.05) is 38.5 Å². The maximum Gasteiger partial charge on any atom is 0.322 e. The van der Waals surface area contributed by atoms with Gasteiger partial charge in [0.1, 0.15) is 0 Å². The fourth-order valence-corrected chi connectivity index (χ4v) is 3.75. The first-order valence-electron chi connectivity index (χ1n) is 6.26. The first kappa shape index (κ1) is 18.7. The maximum atomic E-state index is 12.6. The van der Waals surface area contributed by atoms with Crippen LogP contribution in [0.25, 0.3) is 0 Å². The highest BCUT2D eigenvalue weighted by Gasteiger charge is 2.37. The van der Waals surface area contributed by atoms with E-state index < -0.39 is 31.4 Å². The average Bonchev–Trinajstić information content (AvgIpc) is 2.23.